The number of benzene rings is 2. The highest BCUT2D eigenvalue weighted by Gasteiger charge is 2.12. The Labute approximate surface area is 135 Å². The summed E-state index contributed by atoms with van der Waals surface area (Å²) < 4.78 is 13.0. The molecular formula is C19H21NO3. The van der Waals surface area contributed by atoms with Gasteiger partial charge in [0.2, 0.25) is 0 Å². The van der Waals surface area contributed by atoms with Crippen molar-refractivity contribution < 1.29 is 14.3 Å². The van der Waals surface area contributed by atoms with E-state index >= 15 is 0 Å². The van der Waals surface area contributed by atoms with Crippen LogP contribution in [0.5, 0.6) is 5.75 Å². The lowest BCUT2D eigenvalue weighted by Crippen LogP contribution is -2.05. The fraction of sp³-hybridized carbons (Fsp3) is 0.316. The third kappa shape index (κ3) is 2.89. The van der Waals surface area contributed by atoms with Gasteiger partial charge in [0.05, 0.1) is 6.10 Å². The van der Waals surface area contributed by atoms with Crippen LogP contribution in [0.1, 0.15) is 26.3 Å². The van der Waals surface area contributed by atoms with Gasteiger partial charge in [0, 0.05) is 28.4 Å². The lowest BCUT2D eigenvalue weighted by molar-refractivity contribution is -0.129. The number of carbonyl (C=O) groups excluding carboxylic acids is 1. The van der Waals surface area contributed by atoms with Gasteiger partial charge in [-0.3, -0.25) is 4.79 Å². The van der Waals surface area contributed by atoms with E-state index in [1.807, 2.05) is 26.0 Å². The lowest BCUT2D eigenvalue weighted by Gasteiger charge is -2.10. The number of hydrogen-bond acceptors (Lipinski definition) is 3. The first-order valence-corrected chi connectivity index (χ1v) is 7.90. The van der Waals surface area contributed by atoms with Crippen molar-refractivity contribution in [1.82, 2.24) is 4.57 Å². The number of nitrogens with zero attached hydrogens (tertiary/aromatic N) is 1. The highest BCUT2D eigenvalue weighted by Crippen LogP contribution is 2.32. The number of carbonyl (C=O) groups is 1. The fourth-order valence-corrected chi connectivity index (χ4v) is 3.04. The first-order chi connectivity index (χ1) is 11.1. The fourth-order valence-electron chi connectivity index (χ4n) is 3.04. The molecule has 2 aromatic carbocycles. The number of aryl methyl sites for hydroxylation is 1. The van der Waals surface area contributed by atoms with E-state index in [-0.39, 0.29) is 6.10 Å². The monoisotopic (exact) mass is 311 g/mol. The van der Waals surface area contributed by atoms with Gasteiger partial charge in [0.25, 0.3) is 6.47 Å². The van der Waals surface area contributed by atoms with Crippen LogP contribution in [0.15, 0.2) is 36.4 Å². The molecule has 3 rings (SSSR count). The Bertz CT molecular complexity index is 849. The second kappa shape index (κ2) is 6.32. The van der Waals surface area contributed by atoms with Gasteiger partial charge in [0.15, 0.2) is 0 Å². The topological polar surface area (TPSA) is 40.5 Å². The zero-order valence-corrected chi connectivity index (χ0v) is 13.7. The van der Waals surface area contributed by atoms with Crippen LogP contribution >= 0.6 is 0 Å². The predicted molar refractivity (Wildman–Crippen MR) is 91.7 cm³/mol. The maximum absolute atomic E-state index is 10.4. The summed E-state index contributed by atoms with van der Waals surface area (Å²) in [5.41, 5.74) is 3.35. The van der Waals surface area contributed by atoms with Crippen LogP contribution in [-0.2, 0) is 22.7 Å². The molecule has 4 heteroatoms. The molecule has 4 nitrogen and oxygen atoms in total. The summed E-state index contributed by atoms with van der Waals surface area (Å²) in [6.45, 7) is 7.85. The average molecular weight is 311 g/mol. The molecule has 0 aliphatic heterocycles. The summed E-state index contributed by atoms with van der Waals surface area (Å²) in [5, 5.41) is 2.32. The summed E-state index contributed by atoms with van der Waals surface area (Å²) in [4.78, 5) is 10.4. The van der Waals surface area contributed by atoms with Crippen molar-refractivity contribution in [3.05, 3.63) is 42.0 Å². The van der Waals surface area contributed by atoms with Crippen LogP contribution < -0.4 is 4.74 Å². The highest BCUT2D eigenvalue weighted by molar-refractivity contribution is 6.08. The molecule has 0 amide bonds. The largest absolute Gasteiger partial charge is 0.491 e. The van der Waals surface area contributed by atoms with E-state index in [1.54, 1.807) is 0 Å². The Morgan fingerprint density at radius 3 is 2.43 bits per heavy atom. The molecule has 0 fully saturated rings. The number of fused-ring (bicyclic) bond motifs is 3. The molecule has 0 aliphatic carbocycles. The molecule has 1 heterocycles. The summed E-state index contributed by atoms with van der Waals surface area (Å²) in [7, 11) is 0. The van der Waals surface area contributed by atoms with Gasteiger partial charge < -0.3 is 14.0 Å². The van der Waals surface area contributed by atoms with Crippen LogP contribution in [0.25, 0.3) is 21.8 Å². The smallest absolute Gasteiger partial charge is 0.293 e. The molecule has 0 spiro atoms. The van der Waals surface area contributed by atoms with Crippen molar-refractivity contribution in [2.45, 2.75) is 40.0 Å². The molecule has 0 aliphatic rings. The Hall–Kier alpha value is -2.49. The molecule has 3 aromatic rings. The molecule has 0 unspecified atom stereocenters. The number of ether oxygens (including phenoxy) is 2. The standard InChI is InChI=1S/C19H21NO3/c1-4-20-18-7-5-14(11-22-12-21)9-16(18)17-10-15(23-13(2)3)6-8-19(17)20/h5-10,12-13H,4,11H2,1-3H3. The van der Waals surface area contributed by atoms with Crippen LogP contribution in [0, 0.1) is 0 Å². The van der Waals surface area contributed by atoms with Gasteiger partial charge >= 0.3 is 0 Å². The molecule has 0 saturated heterocycles. The zero-order valence-electron chi connectivity index (χ0n) is 13.7. The van der Waals surface area contributed by atoms with Crippen molar-refractivity contribution in [3.8, 4) is 5.75 Å². The van der Waals surface area contributed by atoms with E-state index in [4.69, 9.17) is 9.47 Å². The average Bonchev–Trinajstić information content (AvgIpc) is 2.85. The zero-order chi connectivity index (χ0) is 16.4. The quantitative estimate of drug-likeness (QED) is 0.638. The molecule has 0 bridgehead atoms. The minimum absolute atomic E-state index is 0.142. The Balaban J connectivity index is 2.19. The maximum Gasteiger partial charge on any atom is 0.293 e. The SMILES string of the molecule is CCn1c2ccc(COC=O)cc2c2cc(OC(C)C)ccc21. The molecule has 23 heavy (non-hydrogen) atoms. The van der Waals surface area contributed by atoms with Gasteiger partial charge in [-0.05, 0) is 56.7 Å². The van der Waals surface area contributed by atoms with Gasteiger partial charge in [-0.1, -0.05) is 6.07 Å². The molecule has 120 valence electrons. The third-order valence-corrected chi connectivity index (χ3v) is 3.91. The molecule has 0 radical (unpaired) electrons. The van der Waals surface area contributed by atoms with Crippen LogP contribution in [0.3, 0.4) is 0 Å². The highest BCUT2D eigenvalue weighted by atomic mass is 16.5. The third-order valence-electron chi connectivity index (χ3n) is 3.91. The number of rotatable bonds is 6. The molecule has 0 N–H and O–H groups in total. The van der Waals surface area contributed by atoms with E-state index in [0.29, 0.717) is 13.1 Å². The molecule has 1 aromatic heterocycles. The molecule has 0 atom stereocenters. The van der Waals surface area contributed by atoms with Crippen molar-refractivity contribution in [2.75, 3.05) is 0 Å². The van der Waals surface area contributed by atoms with Crippen LogP contribution in [0.2, 0.25) is 0 Å². The van der Waals surface area contributed by atoms with Crippen molar-refractivity contribution in [3.63, 3.8) is 0 Å². The predicted octanol–water partition coefficient (Wildman–Crippen LogP) is 4.27. The Kier molecular flexibility index (Phi) is 4.24. The van der Waals surface area contributed by atoms with Gasteiger partial charge in [-0.2, -0.15) is 0 Å². The van der Waals surface area contributed by atoms with Crippen molar-refractivity contribution >= 4 is 28.3 Å². The van der Waals surface area contributed by atoms with Crippen LogP contribution in [-0.4, -0.2) is 17.1 Å². The van der Waals surface area contributed by atoms with Gasteiger partial charge in [-0.15, -0.1) is 0 Å². The maximum atomic E-state index is 10.4. The van der Waals surface area contributed by atoms with E-state index < -0.39 is 0 Å². The summed E-state index contributed by atoms with van der Waals surface area (Å²) in [6, 6.07) is 12.4. The van der Waals surface area contributed by atoms with Gasteiger partial charge in [-0.25, -0.2) is 0 Å². The first-order valence-electron chi connectivity index (χ1n) is 7.90. The van der Waals surface area contributed by atoms with Crippen molar-refractivity contribution in [2.24, 2.45) is 0 Å². The summed E-state index contributed by atoms with van der Waals surface area (Å²) in [6.07, 6.45) is 0.142. The minimum Gasteiger partial charge on any atom is -0.491 e. The summed E-state index contributed by atoms with van der Waals surface area (Å²) in [5.74, 6) is 0.872. The van der Waals surface area contributed by atoms with E-state index in [9.17, 15) is 4.79 Å². The second-order valence-electron chi connectivity index (χ2n) is 5.85. The number of hydrogen-bond donors (Lipinski definition) is 0. The number of aromatic nitrogens is 1. The molecular weight excluding hydrogens is 290 g/mol. The lowest BCUT2D eigenvalue weighted by atomic mass is 10.1. The van der Waals surface area contributed by atoms with E-state index in [1.165, 1.54) is 11.0 Å². The normalized spacial score (nSPS) is 11.3. The molecule has 0 saturated carbocycles. The first kappa shape index (κ1) is 15.4. The second-order valence-corrected chi connectivity index (χ2v) is 5.85. The Morgan fingerprint density at radius 1 is 1.09 bits per heavy atom. The van der Waals surface area contributed by atoms with E-state index in [0.717, 1.165) is 28.6 Å². The minimum atomic E-state index is 0.142. The van der Waals surface area contributed by atoms with Crippen molar-refractivity contribution in [1.29, 1.82) is 0 Å². The van der Waals surface area contributed by atoms with Crippen LogP contribution in [0.4, 0.5) is 0 Å². The van der Waals surface area contributed by atoms with Gasteiger partial charge in [0.1, 0.15) is 12.4 Å². The summed E-state index contributed by atoms with van der Waals surface area (Å²) >= 11 is 0. The van der Waals surface area contributed by atoms with E-state index in [2.05, 4.69) is 35.8 Å². The Morgan fingerprint density at radius 2 is 1.78 bits per heavy atom.